The zero-order valence-electron chi connectivity index (χ0n) is 8.66. The van der Waals surface area contributed by atoms with Gasteiger partial charge in [0.25, 0.3) is 0 Å². The Morgan fingerprint density at radius 2 is 2.06 bits per heavy atom. The maximum absolute atomic E-state index is 10.1. The largest absolute Gasteiger partial charge is 0.388 e. The highest BCUT2D eigenvalue weighted by Crippen LogP contribution is 2.29. The molecular formula is C12H9Br2ClOS. The number of hydrogen-bond donors (Lipinski definition) is 1. The normalized spacial score (nSPS) is 12.7. The summed E-state index contributed by atoms with van der Waals surface area (Å²) < 4.78 is 1.87. The third-order valence-corrected chi connectivity index (χ3v) is 5.28. The van der Waals surface area contributed by atoms with Crippen LogP contribution in [-0.4, -0.2) is 5.11 Å². The Balaban J connectivity index is 2.14. The van der Waals surface area contributed by atoms with Gasteiger partial charge in [0.15, 0.2) is 0 Å². The standard InChI is InChI=1S/C12H9Br2ClOS/c13-8-4-9(17-6-8)5-12(16)7-1-2-11(15)10(14)3-7/h1-4,6,12,16H,5H2. The van der Waals surface area contributed by atoms with Crippen LogP contribution >= 0.6 is 54.8 Å². The van der Waals surface area contributed by atoms with Crippen LogP contribution in [-0.2, 0) is 6.42 Å². The summed E-state index contributed by atoms with van der Waals surface area (Å²) in [6, 6.07) is 7.52. The molecule has 0 aliphatic carbocycles. The van der Waals surface area contributed by atoms with Crippen LogP contribution in [0.3, 0.4) is 0 Å². The summed E-state index contributed by atoms with van der Waals surface area (Å²) in [6.07, 6.45) is 0.110. The molecule has 17 heavy (non-hydrogen) atoms. The van der Waals surface area contributed by atoms with Crippen molar-refractivity contribution in [1.82, 2.24) is 0 Å². The summed E-state index contributed by atoms with van der Waals surface area (Å²) in [5.74, 6) is 0. The molecule has 0 aliphatic rings. The van der Waals surface area contributed by atoms with Gasteiger partial charge in [-0.25, -0.2) is 0 Å². The molecule has 0 radical (unpaired) electrons. The van der Waals surface area contributed by atoms with Crippen molar-refractivity contribution in [2.75, 3.05) is 0 Å². The van der Waals surface area contributed by atoms with Gasteiger partial charge < -0.3 is 5.11 Å². The van der Waals surface area contributed by atoms with Crippen LogP contribution in [0.1, 0.15) is 16.5 Å². The van der Waals surface area contributed by atoms with Crippen molar-refractivity contribution >= 4 is 54.8 Å². The predicted octanol–water partition coefficient (Wildman–Crippen LogP) is 5.20. The molecule has 1 atom stereocenters. The summed E-state index contributed by atoms with van der Waals surface area (Å²) in [5, 5.41) is 12.8. The van der Waals surface area contributed by atoms with Crippen molar-refractivity contribution in [3.05, 3.63) is 54.1 Å². The highest BCUT2D eigenvalue weighted by Gasteiger charge is 2.11. The van der Waals surface area contributed by atoms with E-state index in [0.29, 0.717) is 11.4 Å². The smallest absolute Gasteiger partial charge is 0.0838 e. The van der Waals surface area contributed by atoms with Gasteiger partial charge in [-0.1, -0.05) is 17.7 Å². The lowest BCUT2D eigenvalue weighted by atomic mass is 10.1. The van der Waals surface area contributed by atoms with E-state index in [2.05, 4.69) is 31.9 Å². The van der Waals surface area contributed by atoms with Crippen LogP contribution in [0.15, 0.2) is 38.6 Å². The fraction of sp³-hybridized carbons (Fsp3) is 0.167. The fourth-order valence-corrected chi connectivity index (χ4v) is 3.49. The Hall–Kier alpha value is 0.130. The Morgan fingerprint density at radius 3 is 2.65 bits per heavy atom. The molecule has 90 valence electrons. The third-order valence-electron chi connectivity index (χ3n) is 2.34. The molecule has 2 rings (SSSR count). The van der Waals surface area contributed by atoms with E-state index in [1.54, 1.807) is 17.4 Å². The van der Waals surface area contributed by atoms with Crippen LogP contribution in [0.5, 0.6) is 0 Å². The Morgan fingerprint density at radius 1 is 1.29 bits per heavy atom. The van der Waals surface area contributed by atoms with Gasteiger partial charge in [-0.2, -0.15) is 0 Å². The molecule has 0 saturated heterocycles. The molecule has 1 aromatic heterocycles. The maximum atomic E-state index is 10.1. The molecule has 0 amide bonds. The van der Waals surface area contributed by atoms with E-state index in [0.717, 1.165) is 19.4 Å². The molecule has 1 unspecified atom stereocenters. The minimum absolute atomic E-state index is 0.505. The average molecular weight is 397 g/mol. The van der Waals surface area contributed by atoms with Gasteiger partial charge in [0.05, 0.1) is 11.1 Å². The fourth-order valence-electron chi connectivity index (χ4n) is 1.49. The predicted molar refractivity (Wildman–Crippen MR) is 79.8 cm³/mol. The quantitative estimate of drug-likeness (QED) is 0.756. The Kier molecular flexibility index (Phi) is 4.66. The van der Waals surface area contributed by atoms with E-state index in [1.807, 2.05) is 23.6 Å². The summed E-state index contributed by atoms with van der Waals surface area (Å²) in [5.41, 5.74) is 0.866. The van der Waals surface area contributed by atoms with Crippen LogP contribution < -0.4 is 0 Å². The van der Waals surface area contributed by atoms with Gasteiger partial charge >= 0.3 is 0 Å². The molecule has 5 heteroatoms. The molecule has 1 N–H and O–H groups in total. The first kappa shape index (κ1) is 13.6. The van der Waals surface area contributed by atoms with E-state index in [9.17, 15) is 5.11 Å². The summed E-state index contributed by atoms with van der Waals surface area (Å²) in [7, 11) is 0. The van der Waals surface area contributed by atoms with E-state index in [-0.39, 0.29) is 0 Å². The topological polar surface area (TPSA) is 20.2 Å². The third kappa shape index (κ3) is 3.55. The number of hydrogen-bond acceptors (Lipinski definition) is 2. The second-order valence-corrected chi connectivity index (χ2v) is 6.80. The molecule has 2 aromatic rings. The van der Waals surface area contributed by atoms with Crippen LogP contribution in [0, 0.1) is 0 Å². The van der Waals surface area contributed by atoms with Gasteiger partial charge in [0.2, 0.25) is 0 Å². The van der Waals surface area contributed by atoms with Crippen molar-refractivity contribution in [2.45, 2.75) is 12.5 Å². The van der Waals surface area contributed by atoms with Crippen LogP contribution in [0.4, 0.5) is 0 Å². The number of aliphatic hydroxyl groups excluding tert-OH is 1. The van der Waals surface area contributed by atoms with Crippen molar-refractivity contribution < 1.29 is 5.11 Å². The summed E-state index contributed by atoms with van der Waals surface area (Å²) in [6.45, 7) is 0. The van der Waals surface area contributed by atoms with Gasteiger partial charge in [0.1, 0.15) is 0 Å². The SMILES string of the molecule is OC(Cc1cc(Br)cs1)c1ccc(Cl)c(Br)c1. The van der Waals surface area contributed by atoms with Gasteiger partial charge in [-0.3, -0.25) is 0 Å². The highest BCUT2D eigenvalue weighted by atomic mass is 79.9. The summed E-state index contributed by atoms with van der Waals surface area (Å²) in [4.78, 5) is 1.15. The number of rotatable bonds is 3. The lowest BCUT2D eigenvalue weighted by Crippen LogP contribution is -2.00. The van der Waals surface area contributed by atoms with Crippen molar-refractivity contribution in [3.8, 4) is 0 Å². The maximum Gasteiger partial charge on any atom is 0.0838 e. The second-order valence-electron chi connectivity index (χ2n) is 3.62. The van der Waals surface area contributed by atoms with E-state index < -0.39 is 6.10 Å². The zero-order valence-corrected chi connectivity index (χ0v) is 13.4. The minimum atomic E-state index is -0.505. The molecule has 1 nitrogen and oxygen atoms in total. The lowest BCUT2D eigenvalue weighted by molar-refractivity contribution is 0.179. The molecular weight excluding hydrogens is 387 g/mol. The zero-order chi connectivity index (χ0) is 12.4. The van der Waals surface area contributed by atoms with Crippen LogP contribution in [0.2, 0.25) is 5.02 Å². The Bertz CT molecular complexity index is 527. The lowest BCUT2D eigenvalue weighted by Gasteiger charge is -2.10. The number of thiophene rings is 1. The van der Waals surface area contributed by atoms with Crippen molar-refractivity contribution in [2.24, 2.45) is 0 Å². The molecule has 0 spiro atoms. The molecule has 0 aliphatic heterocycles. The monoisotopic (exact) mass is 394 g/mol. The number of aliphatic hydroxyl groups is 1. The number of benzene rings is 1. The van der Waals surface area contributed by atoms with E-state index in [1.165, 1.54) is 0 Å². The molecule has 1 heterocycles. The van der Waals surface area contributed by atoms with Crippen molar-refractivity contribution in [1.29, 1.82) is 0 Å². The first-order valence-corrected chi connectivity index (χ1v) is 7.76. The van der Waals surface area contributed by atoms with Crippen LogP contribution in [0.25, 0.3) is 0 Å². The average Bonchev–Trinajstić information content (AvgIpc) is 2.68. The van der Waals surface area contributed by atoms with E-state index in [4.69, 9.17) is 11.6 Å². The number of halogens is 3. The first-order chi connectivity index (χ1) is 8.06. The van der Waals surface area contributed by atoms with E-state index >= 15 is 0 Å². The van der Waals surface area contributed by atoms with Gasteiger partial charge in [-0.05, 0) is 55.6 Å². The molecule has 0 bridgehead atoms. The first-order valence-electron chi connectivity index (χ1n) is 4.92. The van der Waals surface area contributed by atoms with Crippen molar-refractivity contribution in [3.63, 3.8) is 0 Å². The second kappa shape index (κ2) is 5.85. The van der Waals surface area contributed by atoms with Gasteiger partial charge in [0, 0.05) is 25.6 Å². The molecule has 0 fully saturated rings. The molecule has 0 saturated carbocycles. The summed E-state index contributed by atoms with van der Waals surface area (Å²) >= 11 is 14.3. The van der Waals surface area contributed by atoms with Gasteiger partial charge in [-0.15, -0.1) is 11.3 Å². The Labute approximate surface area is 126 Å². The minimum Gasteiger partial charge on any atom is -0.388 e. The highest BCUT2D eigenvalue weighted by molar-refractivity contribution is 9.10. The molecule has 1 aromatic carbocycles.